The molecule has 2 aromatic rings. The van der Waals surface area contributed by atoms with Crippen molar-refractivity contribution >= 4 is 5.91 Å². The summed E-state index contributed by atoms with van der Waals surface area (Å²) in [4.78, 5) is 27.9. The predicted molar refractivity (Wildman–Crippen MR) is 90.3 cm³/mol. The zero-order chi connectivity index (χ0) is 16.1. The number of H-pyrrole nitrogens is 1. The molecule has 0 saturated carbocycles. The summed E-state index contributed by atoms with van der Waals surface area (Å²) in [6.45, 7) is 0.489. The Kier molecular flexibility index (Phi) is 4.91. The lowest BCUT2D eigenvalue weighted by Gasteiger charge is -2.09. The Labute approximate surface area is 135 Å². The molecule has 0 unspecified atom stereocenters. The summed E-state index contributed by atoms with van der Waals surface area (Å²) in [6, 6.07) is 9.77. The second kappa shape index (κ2) is 7.27. The number of aromatic nitrogens is 1. The van der Waals surface area contributed by atoms with Crippen LogP contribution in [-0.2, 0) is 30.6 Å². The van der Waals surface area contributed by atoms with E-state index in [9.17, 15) is 9.59 Å². The second-order valence-electron chi connectivity index (χ2n) is 6.10. The minimum atomic E-state index is -0.118. The van der Waals surface area contributed by atoms with Crippen molar-refractivity contribution in [3.8, 4) is 0 Å². The van der Waals surface area contributed by atoms with Crippen molar-refractivity contribution in [1.29, 1.82) is 0 Å². The highest BCUT2D eigenvalue weighted by molar-refractivity contribution is 5.78. The summed E-state index contributed by atoms with van der Waals surface area (Å²) >= 11 is 0. The number of hydrogen-bond acceptors (Lipinski definition) is 2. The van der Waals surface area contributed by atoms with Gasteiger partial charge in [-0.15, -0.1) is 0 Å². The molecule has 1 aromatic heterocycles. The van der Waals surface area contributed by atoms with Gasteiger partial charge in [0.1, 0.15) is 0 Å². The molecule has 4 nitrogen and oxygen atoms in total. The SMILES string of the molecule is O=C(Cc1c[nH]c2c(c1=O)CCCCC2)NCc1ccccc1. The first kappa shape index (κ1) is 15.5. The van der Waals surface area contributed by atoms with E-state index in [0.717, 1.165) is 48.9 Å². The van der Waals surface area contributed by atoms with E-state index in [1.54, 1.807) is 6.20 Å². The molecule has 0 bridgehead atoms. The summed E-state index contributed by atoms with van der Waals surface area (Å²) in [7, 11) is 0. The fourth-order valence-electron chi connectivity index (χ4n) is 3.09. The Morgan fingerprint density at radius 2 is 1.87 bits per heavy atom. The van der Waals surface area contributed by atoms with Gasteiger partial charge in [0.15, 0.2) is 5.43 Å². The van der Waals surface area contributed by atoms with Gasteiger partial charge in [-0.1, -0.05) is 36.8 Å². The maximum absolute atomic E-state index is 12.6. The summed E-state index contributed by atoms with van der Waals surface area (Å²) in [6.07, 6.45) is 6.95. The van der Waals surface area contributed by atoms with Gasteiger partial charge in [0, 0.05) is 29.6 Å². The number of hydrogen-bond donors (Lipinski definition) is 2. The topological polar surface area (TPSA) is 62.0 Å². The van der Waals surface area contributed by atoms with Crippen molar-refractivity contribution in [2.24, 2.45) is 0 Å². The van der Waals surface area contributed by atoms with Crippen LogP contribution in [-0.4, -0.2) is 10.9 Å². The first-order valence-corrected chi connectivity index (χ1v) is 8.27. The first-order chi connectivity index (χ1) is 11.2. The van der Waals surface area contributed by atoms with Gasteiger partial charge in [-0.2, -0.15) is 0 Å². The Morgan fingerprint density at radius 3 is 2.70 bits per heavy atom. The number of rotatable bonds is 4. The van der Waals surface area contributed by atoms with Gasteiger partial charge < -0.3 is 10.3 Å². The summed E-state index contributed by atoms with van der Waals surface area (Å²) < 4.78 is 0. The van der Waals surface area contributed by atoms with Crippen molar-refractivity contribution in [2.75, 3.05) is 0 Å². The number of benzene rings is 1. The zero-order valence-electron chi connectivity index (χ0n) is 13.2. The van der Waals surface area contributed by atoms with Crippen LogP contribution in [0.5, 0.6) is 0 Å². The van der Waals surface area contributed by atoms with Gasteiger partial charge in [0.05, 0.1) is 6.42 Å². The van der Waals surface area contributed by atoms with Gasteiger partial charge in [0.25, 0.3) is 0 Å². The van der Waals surface area contributed by atoms with E-state index in [1.165, 1.54) is 0 Å². The molecule has 23 heavy (non-hydrogen) atoms. The smallest absolute Gasteiger partial charge is 0.224 e. The maximum atomic E-state index is 12.6. The van der Waals surface area contributed by atoms with E-state index in [1.807, 2.05) is 30.3 Å². The summed E-state index contributed by atoms with van der Waals surface area (Å²) in [5, 5.41) is 2.88. The number of aromatic amines is 1. The molecule has 0 aliphatic heterocycles. The number of aryl methyl sites for hydroxylation is 1. The number of fused-ring (bicyclic) bond motifs is 1. The van der Waals surface area contributed by atoms with E-state index in [4.69, 9.17) is 0 Å². The van der Waals surface area contributed by atoms with Crippen LogP contribution in [0.2, 0.25) is 0 Å². The van der Waals surface area contributed by atoms with Crippen molar-refractivity contribution < 1.29 is 4.79 Å². The Balaban J connectivity index is 1.67. The quantitative estimate of drug-likeness (QED) is 0.852. The zero-order valence-corrected chi connectivity index (χ0v) is 13.2. The van der Waals surface area contributed by atoms with Crippen molar-refractivity contribution in [3.63, 3.8) is 0 Å². The van der Waals surface area contributed by atoms with Gasteiger partial charge in [0.2, 0.25) is 5.91 Å². The molecule has 1 aliphatic rings. The molecule has 0 atom stereocenters. The van der Waals surface area contributed by atoms with Crippen LogP contribution in [0, 0.1) is 0 Å². The Morgan fingerprint density at radius 1 is 1.09 bits per heavy atom. The van der Waals surface area contributed by atoms with Crippen LogP contribution >= 0.6 is 0 Å². The van der Waals surface area contributed by atoms with Crippen LogP contribution in [0.1, 0.15) is 41.6 Å². The molecule has 120 valence electrons. The van der Waals surface area contributed by atoms with Crippen molar-refractivity contribution in [2.45, 2.75) is 45.1 Å². The molecule has 0 saturated heterocycles. The third-order valence-corrected chi connectivity index (χ3v) is 4.39. The van der Waals surface area contributed by atoms with E-state index in [0.29, 0.717) is 12.1 Å². The highest BCUT2D eigenvalue weighted by atomic mass is 16.1. The van der Waals surface area contributed by atoms with Crippen LogP contribution in [0.3, 0.4) is 0 Å². The van der Waals surface area contributed by atoms with E-state index >= 15 is 0 Å². The predicted octanol–water partition coefficient (Wildman–Crippen LogP) is 2.50. The highest BCUT2D eigenvalue weighted by Crippen LogP contribution is 2.16. The number of pyridine rings is 1. The van der Waals surface area contributed by atoms with Crippen molar-refractivity contribution in [3.05, 3.63) is 69.1 Å². The highest BCUT2D eigenvalue weighted by Gasteiger charge is 2.15. The molecule has 1 aromatic carbocycles. The Hall–Kier alpha value is -2.36. The van der Waals surface area contributed by atoms with Gasteiger partial charge >= 0.3 is 0 Å². The summed E-state index contributed by atoms with van der Waals surface area (Å²) in [5.41, 5.74) is 3.61. The Bertz CT molecular complexity index is 735. The van der Waals surface area contributed by atoms with Crippen LogP contribution < -0.4 is 10.7 Å². The third-order valence-electron chi connectivity index (χ3n) is 4.39. The molecule has 3 rings (SSSR count). The fraction of sp³-hybridized carbons (Fsp3) is 0.368. The lowest BCUT2D eigenvalue weighted by atomic mass is 10.0. The average molecular weight is 310 g/mol. The third kappa shape index (κ3) is 3.89. The monoisotopic (exact) mass is 310 g/mol. The minimum Gasteiger partial charge on any atom is -0.364 e. The van der Waals surface area contributed by atoms with Crippen LogP contribution in [0.25, 0.3) is 0 Å². The number of nitrogens with one attached hydrogen (secondary N) is 2. The number of amides is 1. The van der Waals surface area contributed by atoms with Crippen LogP contribution in [0.4, 0.5) is 0 Å². The number of carbonyl (C=O) groups excluding carboxylic acids is 1. The molecule has 1 aliphatic carbocycles. The van der Waals surface area contributed by atoms with Crippen molar-refractivity contribution in [1.82, 2.24) is 10.3 Å². The second-order valence-corrected chi connectivity index (χ2v) is 6.10. The molecular formula is C19H22N2O2. The van der Waals surface area contributed by atoms with Gasteiger partial charge in [-0.25, -0.2) is 0 Å². The molecule has 0 radical (unpaired) electrons. The largest absolute Gasteiger partial charge is 0.364 e. The molecule has 2 N–H and O–H groups in total. The molecule has 0 spiro atoms. The molecule has 1 amide bonds. The van der Waals surface area contributed by atoms with Gasteiger partial charge in [-0.3, -0.25) is 9.59 Å². The first-order valence-electron chi connectivity index (χ1n) is 8.27. The minimum absolute atomic E-state index is 0.0514. The molecule has 1 heterocycles. The lowest BCUT2D eigenvalue weighted by Crippen LogP contribution is -2.28. The standard InChI is InChI=1S/C19H22N2O2/c22-18(21-12-14-7-3-1-4-8-14)11-15-13-20-17-10-6-2-5-9-16(17)19(15)23/h1,3-4,7-8,13H,2,5-6,9-12H2,(H,20,23)(H,21,22). The molecule has 0 fully saturated rings. The van der Waals surface area contributed by atoms with E-state index < -0.39 is 0 Å². The average Bonchev–Trinajstić information content (AvgIpc) is 2.82. The summed E-state index contributed by atoms with van der Waals surface area (Å²) in [5.74, 6) is -0.118. The molecular weight excluding hydrogens is 288 g/mol. The lowest BCUT2D eigenvalue weighted by molar-refractivity contribution is -0.120. The van der Waals surface area contributed by atoms with E-state index in [2.05, 4.69) is 10.3 Å². The number of carbonyl (C=O) groups is 1. The molecule has 4 heteroatoms. The van der Waals surface area contributed by atoms with Crippen LogP contribution in [0.15, 0.2) is 41.3 Å². The fourth-order valence-corrected chi connectivity index (χ4v) is 3.09. The van der Waals surface area contributed by atoms with E-state index in [-0.39, 0.29) is 17.8 Å². The maximum Gasteiger partial charge on any atom is 0.224 e. The normalized spacial score (nSPS) is 13.9. The van der Waals surface area contributed by atoms with Gasteiger partial charge in [-0.05, 0) is 31.2 Å².